The standard InChI is InChI=1S/C32H32N6O4/c1-21-6-10-24(11-7-21)34-32(41)38-15-14-26-25(4-3-5-28(26)38)27-20-36(2)31(40)29(35-27)33-23-12-8-22(9-13-23)30(39)37-16-18-42-19-17-37/h3-13,20H,14-19H2,1-2H3,(H,33,35)(H,34,41). The molecule has 0 radical (unpaired) electrons. The Labute approximate surface area is 243 Å². The maximum Gasteiger partial charge on any atom is 0.326 e. The predicted octanol–water partition coefficient (Wildman–Crippen LogP) is 4.57. The van der Waals surface area contributed by atoms with Crippen molar-refractivity contribution >= 4 is 34.8 Å². The summed E-state index contributed by atoms with van der Waals surface area (Å²) in [7, 11) is 1.69. The fourth-order valence-corrected chi connectivity index (χ4v) is 5.31. The van der Waals surface area contributed by atoms with E-state index in [9.17, 15) is 14.4 Å². The number of ether oxygens (including phenoxy) is 1. The van der Waals surface area contributed by atoms with Crippen molar-refractivity contribution in [2.75, 3.05) is 48.4 Å². The van der Waals surface area contributed by atoms with Crippen LogP contribution in [0.25, 0.3) is 11.3 Å². The van der Waals surface area contributed by atoms with Crippen molar-refractivity contribution in [1.82, 2.24) is 14.5 Å². The number of aryl methyl sites for hydroxylation is 2. The molecule has 0 unspecified atom stereocenters. The number of urea groups is 1. The van der Waals surface area contributed by atoms with Crippen LogP contribution in [0.3, 0.4) is 0 Å². The van der Waals surface area contributed by atoms with E-state index in [-0.39, 0.29) is 23.3 Å². The van der Waals surface area contributed by atoms with Gasteiger partial charge in [-0.25, -0.2) is 9.78 Å². The van der Waals surface area contributed by atoms with Crippen LogP contribution in [0.4, 0.5) is 27.7 Å². The fourth-order valence-electron chi connectivity index (χ4n) is 5.31. The molecule has 1 fully saturated rings. The van der Waals surface area contributed by atoms with Crippen molar-refractivity contribution in [3.8, 4) is 11.3 Å². The van der Waals surface area contributed by atoms with Gasteiger partial charge in [-0.15, -0.1) is 0 Å². The molecule has 0 atom stereocenters. The van der Waals surface area contributed by atoms with E-state index < -0.39 is 0 Å². The zero-order chi connectivity index (χ0) is 29.2. The quantitative estimate of drug-likeness (QED) is 0.368. The predicted molar refractivity (Wildman–Crippen MR) is 163 cm³/mol. The summed E-state index contributed by atoms with van der Waals surface area (Å²) in [6.45, 7) is 4.77. The fraction of sp³-hybridized carbons (Fsp3) is 0.250. The molecule has 0 spiro atoms. The molecule has 2 N–H and O–H groups in total. The molecule has 0 bridgehead atoms. The molecule has 4 aromatic rings. The number of carbonyl (C=O) groups excluding carboxylic acids is 2. The number of morpholine rings is 1. The molecule has 42 heavy (non-hydrogen) atoms. The Kier molecular flexibility index (Phi) is 7.45. The summed E-state index contributed by atoms with van der Waals surface area (Å²) in [5, 5.41) is 6.11. The number of nitrogens with zero attached hydrogens (tertiary/aromatic N) is 4. The molecule has 2 aliphatic rings. The highest BCUT2D eigenvalue weighted by atomic mass is 16.5. The summed E-state index contributed by atoms with van der Waals surface area (Å²) in [6.07, 6.45) is 2.38. The molecule has 1 saturated heterocycles. The number of fused-ring (bicyclic) bond motifs is 1. The Morgan fingerprint density at radius 1 is 0.905 bits per heavy atom. The van der Waals surface area contributed by atoms with E-state index in [2.05, 4.69) is 10.6 Å². The zero-order valence-electron chi connectivity index (χ0n) is 23.6. The van der Waals surface area contributed by atoms with E-state index in [1.165, 1.54) is 4.57 Å². The molecule has 214 valence electrons. The monoisotopic (exact) mass is 564 g/mol. The Bertz CT molecular complexity index is 1690. The van der Waals surface area contributed by atoms with Crippen LogP contribution >= 0.6 is 0 Å². The van der Waals surface area contributed by atoms with Gasteiger partial charge in [0.1, 0.15) is 0 Å². The van der Waals surface area contributed by atoms with Gasteiger partial charge in [-0.3, -0.25) is 14.5 Å². The van der Waals surface area contributed by atoms with Crippen molar-refractivity contribution in [1.29, 1.82) is 0 Å². The first-order valence-electron chi connectivity index (χ1n) is 14.0. The minimum absolute atomic E-state index is 0.0413. The first kappa shape index (κ1) is 27.2. The third-order valence-electron chi connectivity index (χ3n) is 7.62. The number of benzene rings is 3. The lowest BCUT2D eigenvalue weighted by Crippen LogP contribution is -2.40. The Balaban J connectivity index is 1.23. The third-order valence-corrected chi connectivity index (χ3v) is 7.62. The second-order valence-corrected chi connectivity index (χ2v) is 10.5. The number of rotatable bonds is 5. The zero-order valence-corrected chi connectivity index (χ0v) is 23.6. The van der Waals surface area contributed by atoms with Crippen molar-refractivity contribution < 1.29 is 14.3 Å². The molecule has 0 aliphatic carbocycles. The van der Waals surface area contributed by atoms with Crippen LogP contribution in [0.15, 0.2) is 77.7 Å². The molecule has 0 saturated carbocycles. The molecular weight excluding hydrogens is 532 g/mol. The highest BCUT2D eigenvalue weighted by Gasteiger charge is 2.28. The van der Waals surface area contributed by atoms with Crippen LogP contribution in [-0.2, 0) is 18.2 Å². The minimum Gasteiger partial charge on any atom is -0.378 e. The summed E-state index contributed by atoms with van der Waals surface area (Å²) in [6, 6.07) is 20.3. The van der Waals surface area contributed by atoms with Gasteiger partial charge in [0.15, 0.2) is 5.82 Å². The highest BCUT2D eigenvalue weighted by molar-refractivity contribution is 6.04. The van der Waals surface area contributed by atoms with Crippen LogP contribution in [0, 0.1) is 6.92 Å². The molecule has 3 amide bonds. The van der Waals surface area contributed by atoms with Gasteiger partial charge in [-0.2, -0.15) is 0 Å². The SMILES string of the molecule is Cc1ccc(NC(=O)N2CCc3c(-c4cn(C)c(=O)c(Nc5ccc(C(=O)N6CCOCC6)cc5)n4)cccc32)cc1. The molecule has 2 aliphatic heterocycles. The first-order valence-corrected chi connectivity index (χ1v) is 14.0. The van der Waals surface area contributed by atoms with Gasteiger partial charge in [-0.1, -0.05) is 29.8 Å². The molecule has 1 aromatic heterocycles. The van der Waals surface area contributed by atoms with Gasteiger partial charge in [-0.05, 0) is 61.4 Å². The van der Waals surface area contributed by atoms with Crippen LogP contribution in [0.5, 0.6) is 0 Å². The van der Waals surface area contributed by atoms with Crippen molar-refractivity contribution in [3.05, 3.63) is 100.0 Å². The second kappa shape index (κ2) is 11.5. The summed E-state index contributed by atoms with van der Waals surface area (Å²) >= 11 is 0. The number of aromatic nitrogens is 2. The lowest BCUT2D eigenvalue weighted by atomic mass is 10.0. The number of nitrogens with one attached hydrogen (secondary N) is 2. The van der Waals surface area contributed by atoms with Gasteiger partial charge in [0.05, 0.1) is 18.9 Å². The van der Waals surface area contributed by atoms with Gasteiger partial charge in [0.25, 0.3) is 11.5 Å². The van der Waals surface area contributed by atoms with Crippen molar-refractivity contribution in [2.24, 2.45) is 7.05 Å². The maximum absolute atomic E-state index is 13.1. The van der Waals surface area contributed by atoms with Gasteiger partial charge in [0.2, 0.25) is 0 Å². The van der Waals surface area contributed by atoms with Crippen molar-refractivity contribution in [3.63, 3.8) is 0 Å². The van der Waals surface area contributed by atoms with E-state index in [0.29, 0.717) is 56.2 Å². The van der Waals surface area contributed by atoms with E-state index in [1.807, 2.05) is 49.4 Å². The van der Waals surface area contributed by atoms with E-state index in [1.54, 1.807) is 47.3 Å². The minimum atomic E-state index is -0.279. The van der Waals surface area contributed by atoms with Gasteiger partial charge >= 0.3 is 6.03 Å². The van der Waals surface area contributed by atoms with Crippen molar-refractivity contribution in [2.45, 2.75) is 13.3 Å². The topological polar surface area (TPSA) is 109 Å². The molecule has 6 rings (SSSR count). The number of amides is 3. The number of hydrogen-bond donors (Lipinski definition) is 2. The van der Waals surface area contributed by atoms with Crippen LogP contribution in [0.2, 0.25) is 0 Å². The Morgan fingerprint density at radius 2 is 1.62 bits per heavy atom. The van der Waals surface area contributed by atoms with E-state index >= 15 is 0 Å². The third kappa shape index (κ3) is 5.48. The lowest BCUT2D eigenvalue weighted by Gasteiger charge is -2.26. The summed E-state index contributed by atoms with van der Waals surface area (Å²) in [5.41, 5.74) is 6.11. The Hall–Kier alpha value is -4.96. The average molecular weight is 565 g/mol. The van der Waals surface area contributed by atoms with Crippen LogP contribution in [0.1, 0.15) is 21.5 Å². The van der Waals surface area contributed by atoms with E-state index in [0.717, 1.165) is 28.1 Å². The summed E-state index contributed by atoms with van der Waals surface area (Å²) in [5.74, 6) is 0.132. The van der Waals surface area contributed by atoms with E-state index in [4.69, 9.17) is 9.72 Å². The van der Waals surface area contributed by atoms with Crippen LogP contribution in [-0.4, -0.2) is 59.2 Å². The molecule has 3 heterocycles. The number of anilines is 4. The molecule has 10 heteroatoms. The average Bonchev–Trinajstić information content (AvgIpc) is 3.46. The second-order valence-electron chi connectivity index (χ2n) is 10.5. The summed E-state index contributed by atoms with van der Waals surface area (Å²) in [4.78, 5) is 47.1. The smallest absolute Gasteiger partial charge is 0.326 e. The largest absolute Gasteiger partial charge is 0.378 e. The number of carbonyl (C=O) groups is 2. The molecule has 3 aromatic carbocycles. The normalized spacial score (nSPS) is 14.4. The highest BCUT2D eigenvalue weighted by Crippen LogP contribution is 2.36. The van der Waals surface area contributed by atoms with Crippen LogP contribution < -0.4 is 21.1 Å². The molecule has 10 nitrogen and oxygen atoms in total. The lowest BCUT2D eigenvalue weighted by molar-refractivity contribution is 0.0303. The summed E-state index contributed by atoms with van der Waals surface area (Å²) < 4.78 is 6.83. The first-order chi connectivity index (χ1) is 20.4. The Morgan fingerprint density at radius 3 is 2.36 bits per heavy atom. The molecular formula is C32H32N6O4. The van der Waals surface area contributed by atoms with Gasteiger partial charge in [0, 0.05) is 61.1 Å². The maximum atomic E-state index is 13.1. The van der Waals surface area contributed by atoms with Gasteiger partial charge < -0.3 is 24.8 Å². The number of hydrogen-bond acceptors (Lipinski definition) is 6.